The van der Waals surface area contributed by atoms with Crippen LogP contribution < -0.4 is 5.32 Å². The zero-order chi connectivity index (χ0) is 13.7. The molecule has 0 amide bonds. The monoisotopic (exact) mass is 265 g/mol. The predicted molar refractivity (Wildman–Crippen MR) is 77.0 cm³/mol. The van der Waals surface area contributed by atoms with Gasteiger partial charge in [-0.05, 0) is 32.2 Å². The first kappa shape index (κ1) is 14.5. The fourth-order valence-electron chi connectivity index (χ4n) is 2.77. The highest BCUT2D eigenvalue weighted by Gasteiger charge is 2.29. The van der Waals surface area contributed by atoms with Gasteiger partial charge in [0.25, 0.3) is 0 Å². The minimum absolute atomic E-state index is 0.205. The summed E-state index contributed by atoms with van der Waals surface area (Å²) in [7, 11) is 0. The second-order valence-electron chi connectivity index (χ2n) is 5.85. The van der Waals surface area contributed by atoms with Gasteiger partial charge < -0.3 is 14.6 Å². The van der Waals surface area contributed by atoms with Crippen molar-refractivity contribution in [2.24, 2.45) is 11.8 Å². The molecule has 2 heterocycles. The highest BCUT2D eigenvalue weighted by molar-refractivity contribution is 5.06. The first-order valence-electron chi connectivity index (χ1n) is 7.54. The lowest BCUT2D eigenvalue weighted by Gasteiger charge is -2.32. The van der Waals surface area contributed by atoms with Gasteiger partial charge in [-0.25, -0.2) is 4.98 Å². The number of nitrogens with zero attached hydrogens (tertiary/aromatic N) is 2. The van der Waals surface area contributed by atoms with Gasteiger partial charge in [0.2, 0.25) is 0 Å². The van der Waals surface area contributed by atoms with Crippen molar-refractivity contribution >= 4 is 0 Å². The van der Waals surface area contributed by atoms with Gasteiger partial charge in [-0.2, -0.15) is 0 Å². The Labute approximate surface area is 116 Å². The van der Waals surface area contributed by atoms with Gasteiger partial charge in [-0.15, -0.1) is 0 Å². The Kier molecular flexibility index (Phi) is 5.40. The zero-order valence-corrected chi connectivity index (χ0v) is 12.4. The Balaban J connectivity index is 1.99. The molecule has 0 aromatic carbocycles. The van der Waals surface area contributed by atoms with Gasteiger partial charge in [0.1, 0.15) is 6.10 Å². The summed E-state index contributed by atoms with van der Waals surface area (Å²) in [6.07, 6.45) is 6.49. The molecule has 0 radical (unpaired) electrons. The van der Waals surface area contributed by atoms with E-state index in [0.29, 0.717) is 11.8 Å². The van der Waals surface area contributed by atoms with Crippen LogP contribution in [0.5, 0.6) is 0 Å². The third-order valence-corrected chi connectivity index (χ3v) is 3.78. The van der Waals surface area contributed by atoms with Gasteiger partial charge in [0.15, 0.2) is 0 Å². The molecule has 4 heteroatoms. The van der Waals surface area contributed by atoms with Gasteiger partial charge in [0, 0.05) is 25.6 Å². The summed E-state index contributed by atoms with van der Waals surface area (Å²) in [5, 5.41) is 3.57. The molecule has 0 saturated carbocycles. The number of rotatable bonds is 6. The first-order valence-corrected chi connectivity index (χ1v) is 7.54. The lowest BCUT2D eigenvalue weighted by atomic mass is 9.92. The SMILES string of the molecule is CCn1cncc1C1OCCCC1CNCC(C)C. The summed E-state index contributed by atoms with van der Waals surface area (Å²) in [6.45, 7) is 10.6. The number of nitrogens with one attached hydrogen (secondary N) is 1. The van der Waals surface area contributed by atoms with Crippen LogP contribution in [0.15, 0.2) is 12.5 Å². The van der Waals surface area contributed by atoms with Crippen molar-refractivity contribution in [3.8, 4) is 0 Å². The number of ether oxygens (including phenoxy) is 1. The molecule has 1 aromatic heterocycles. The largest absolute Gasteiger partial charge is 0.372 e. The van der Waals surface area contributed by atoms with Crippen LogP contribution in [-0.2, 0) is 11.3 Å². The number of hydrogen-bond acceptors (Lipinski definition) is 3. The maximum atomic E-state index is 6.03. The predicted octanol–water partition coefficient (Wildman–Crippen LogP) is 2.62. The standard InChI is InChI=1S/C15H27N3O/c1-4-18-11-17-10-14(18)15-13(6-5-7-19-15)9-16-8-12(2)3/h10-13,15-16H,4-9H2,1-3H3. The van der Waals surface area contributed by atoms with E-state index < -0.39 is 0 Å². The van der Waals surface area contributed by atoms with E-state index in [4.69, 9.17) is 4.74 Å². The van der Waals surface area contributed by atoms with Crippen molar-refractivity contribution in [3.63, 3.8) is 0 Å². The second-order valence-corrected chi connectivity index (χ2v) is 5.85. The quantitative estimate of drug-likeness (QED) is 0.859. The Morgan fingerprint density at radius 3 is 3.11 bits per heavy atom. The third kappa shape index (κ3) is 3.80. The molecule has 0 aliphatic carbocycles. The molecule has 108 valence electrons. The summed E-state index contributed by atoms with van der Waals surface area (Å²) in [5.41, 5.74) is 1.23. The maximum Gasteiger partial charge on any atom is 0.103 e. The molecule has 0 spiro atoms. The molecule has 2 rings (SSSR count). The third-order valence-electron chi connectivity index (χ3n) is 3.78. The van der Waals surface area contributed by atoms with Gasteiger partial charge in [-0.3, -0.25) is 0 Å². The van der Waals surface area contributed by atoms with Crippen LogP contribution in [0.4, 0.5) is 0 Å². The molecule has 1 aliphatic heterocycles. The zero-order valence-electron chi connectivity index (χ0n) is 12.4. The lowest BCUT2D eigenvalue weighted by molar-refractivity contribution is -0.0322. The fraction of sp³-hybridized carbons (Fsp3) is 0.800. The topological polar surface area (TPSA) is 39.1 Å². The molecule has 19 heavy (non-hydrogen) atoms. The molecule has 4 nitrogen and oxygen atoms in total. The van der Waals surface area contributed by atoms with Crippen molar-refractivity contribution < 1.29 is 4.74 Å². The Morgan fingerprint density at radius 1 is 1.53 bits per heavy atom. The normalized spacial score (nSPS) is 24.0. The van der Waals surface area contributed by atoms with E-state index in [2.05, 4.69) is 35.6 Å². The Morgan fingerprint density at radius 2 is 2.37 bits per heavy atom. The van der Waals surface area contributed by atoms with E-state index in [1.54, 1.807) is 0 Å². The summed E-state index contributed by atoms with van der Waals surface area (Å²) < 4.78 is 8.23. The average Bonchev–Trinajstić information content (AvgIpc) is 2.87. The van der Waals surface area contributed by atoms with E-state index in [1.807, 2.05) is 12.5 Å². The molecular weight excluding hydrogens is 238 g/mol. The van der Waals surface area contributed by atoms with E-state index in [-0.39, 0.29) is 6.10 Å². The van der Waals surface area contributed by atoms with Gasteiger partial charge >= 0.3 is 0 Å². The summed E-state index contributed by atoms with van der Waals surface area (Å²) in [6, 6.07) is 0. The van der Waals surface area contributed by atoms with Crippen molar-refractivity contribution in [1.29, 1.82) is 0 Å². The number of aromatic nitrogens is 2. The van der Waals surface area contributed by atoms with E-state index >= 15 is 0 Å². The van der Waals surface area contributed by atoms with Gasteiger partial charge in [-0.1, -0.05) is 13.8 Å². The van der Waals surface area contributed by atoms with Crippen LogP contribution in [0, 0.1) is 11.8 Å². The Hall–Kier alpha value is -0.870. The molecule has 2 unspecified atom stereocenters. The van der Waals surface area contributed by atoms with Crippen LogP contribution in [0.1, 0.15) is 45.4 Å². The second kappa shape index (κ2) is 7.06. The lowest BCUT2D eigenvalue weighted by Crippen LogP contribution is -2.34. The highest BCUT2D eigenvalue weighted by atomic mass is 16.5. The van der Waals surface area contributed by atoms with Crippen LogP contribution in [-0.4, -0.2) is 29.2 Å². The summed E-state index contributed by atoms with van der Waals surface area (Å²) in [5.74, 6) is 1.26. The molecule has 0 bridgehead atoms. The van der Waals surface area contributed by atoms with E-state index in [9.17, 15) is 0 Å². The van der Waals surface area contributed by atoms with E-state index in [0.717, 1.165) is 26.2 Å². The first-order chi connectivity index (χ1) is 9.22. The van der Waals surface area contributed by atoms with Crippen LogP contribution in [0.25, 0.3) is 0 Å². The summed E-state index contributed by atoms with van der Waals surface area (Å²) in [4.78, 5) is 4.27. The smallest absolute Gasteiger partial charge is 0.103 e. The van der Waals surface area contributed by atoms with Crippen LogP contribution in [0.2, 0.25) is 0 Å². The Bertz CT molecular complexity index is 375. The van der Waals surface area contributed by atoms with Crippen LogP contribution >= 0.6 is 0 Å². The van der Waals surface area contributed by atoms with E-state index in [1.165, 1.54) is 18.5 Å². The number of hydrogen-bond donors (Lipinski definition) is 1. The molecule has 1 aromatic rings. The van der Waals surface area contributed by atoms with Crippen molar-refractivity contribution in [3.05, 3.63) is 18.2 Å². The minimum Gasteiger partial charge on any atom is -0.372 e. The van der Waals surface area contributed by atoms with Crippen molar-refractivity contribution in [1.82, 2.24) is 14.9 Å². The highest BCUT2D eigenvalue weighted by Crippen LogP contribution is 2.33. The molecular formula is C15H27N3O. The van der Waals surface area contributed by atoms with Crippen molar-refractivity contribution in [2.75, 3.05) is 19.7 Å². The molecule has 2 atom stereocenters. The summed E-state index contributed by atoms with van der Waals surface area (Å²) >= 11 is 0. The number of imidazole rings is 1. The molecule has 1 saturated heterocycles. The van der Waals surface area contributed by atoms with Gasteiger partial charge in [0.05, 0.1) is 18.2 Å². The van der Waals surface area contributed by atoms with Crippen LogP contribution in [0.3, 0.4) is 0 Å². The van der Waals surface area contributed by atoms with Crippen molar-refractivity contribution in [2.45, 2.75) is 46.3 Å². The molecule has 1 aliphatic rings. The average molecular weight is 265 g/mol. The maximum absolute atomic E-state index is 6.03. The molecule has 1 fully saturated rings. The number of aryl methyl sites for hydroxylation is 1. The molecule has 1 N–H and O–H groups in total. The minimum atomic E-state index is 0.205. The fourth-order valence-corrected chi connectivity index (χ4v) is 2.77.